The van der Waals surface area contributed by atoms with Crippen molar-refractivity contribution in [2.45, 2.75) is 12.8 Å². The highest BCUT2D eigenvalue weighted by molar-refractivity contribution is 6.28. The van der Waals surface area contributed by atoms with Crippen LogP contribution < -0.4 is 0 Å². The van der Waals surface area contributed by atoms with Crippen LogP contribution in [0.15, 0.2) is 109 Å². The van der Waals surface area contributed by atoms with Gasteiger partial charge < -0.3 is 9.55 Å². The van der Waals surface area contributed by atoms with Gasteiger partial charge in [0.2, 0.25) is 0 Å². The first-order chi connectivity index (χ1) is 18.8. The molecule has 0 radical (unpaired) electrons. The highest BCUT2D eigenvalue weighted by Gasteiger charge is 2.21. The third-order valence-electron chi connectivity index (χ3n) is 8.54. The molecule has 9 rings (SSSR count). The molecule has 2 aromatic heterocycles. The molecule has 178 valence electrons. The summed E-state index contributed by atoms with van der Waals surface area (Å²) in [5.41, 5.74) is 8.90. The minimum absolute atomic E-state index is 1.11. The Morgan fingerprint density at radius 2 is 1.45 bits per heavy atom. The van der Waals surface area contributed by atoms with Crippen LogP contribution in [0.1, 0.15) is 17.5 Å². The molecule has 2 nitrogen and oxygen atoms in total. The number of hydrogen-bond donors (Lipinski definition) is 1. The molecule has 2 heterocycles. The van der Waals surface area contributed by atoms with Crippen molar-refractivity contribution >= 4 is 71.2 Å². The van der Waals surface area contributed by atoms with Gasteiger partial charge in [-0.05, 0) is 69.8 Å². The van der Waals surface area contributed by atoms with Crippen molar-refractivity contribution in [2.75, 3.05) is 0 Å². The summed E-state index contributed by atoms with van der Waals surface area (Å²) in [5.74, 6) is 0. The first-order valence-corrected chi connectivity index (χ1v) is 13.4. The molecule has 0 fully saturated rings. The number of benzene rings is 6. The molecule has 0 unspecified atom stereocenters. The average molecular weight is 485 g/mol. The van der Waals surface area contributed by atoms with E-state index in [1.165, 1.54) is 82.0 Å². The van der Waals surface area contributed by atoms with Crippen molar-refractivity contribution in [1.82, 2.24) is 9.55 Å². The molecule has 1 aliphatic rings. The lowest BCUT2D eigenvalue weighted by Gasteiger charge is -2.11. The lowest BCUT2D eigenvalue weighted by Crippen LogP contribution is -1.94. The van der Waals surface area contributed by atoms with E-state index in [-0.39, 0.29) is 0 Å². The number of fused-ring (bicyclic) bond motifs is 12. The maximum atomic E-state index is 3.87. The van der Waals surface area contributed by atoms with Crippen LogP contribution in [-0.4, -0.2) is 9.55 Å². The fourth-order valence-electron chi connectivity index (χ4n) is 6.83. The number of aryl methyl sites for hydroxylation is 1. The summed E-state index contributed by atoms with van der Waals surface area (Å²) in [4.78, 5) is 3.87. The molecule has 0 aliphatic heterocycles. The van der Waals surface area contributed by atoms with Crippen molar-refractivity contribution in [3.8, 4) is 5.69 Å². The molecule has 0 saturated carbocycles. The van der Waals surface area contributed by atoms with Gasteiger partial charge in [0.25, 0.3) is 0 Å². The van der Waals surface area contributed by atoms with E-state index in [2.05, 4.69) is 125 Å². The summed E-state index contributed by atoms with van der Waals surface area (Å²) in [6.45, 7) is 0. The van der Waals surface area contributed by atoms with E-state index >= 15 is 0 Å². The number of hydrogen-bond acceptors (Lipinski definition) is 0. The molecular weight excluding hydrogens is 460 g/mol. The van der Waals surface area contributed by atoms with Gasteiger partial charge in [0.1, 0.15) is 0 Å². The Balaban J connectivity index is 1.51. The second-order valence-corrected chi connectivity index (χ2v) is 10.6. The Morgan fingerprint density at radius 3 is 2.39 bits per heavy atom. The fraction of sp³-hybridized carbons (Fsp3) is 0.0556. The number of allylic oxidation sites excluding steroid dienone is 1. The Morgan fingerprint density at radius 1 is 0.632 bits per heavy atom. The minimum atomic E-state index is 1.11. The molecule has 1 aliphatic carbocycles. The number of rotatable bonds is 1. The van der Waals surface area contributed by atoms with Crippen LogP contribution in [0.25, 0.3) is 76.9 Å². The predicted octanol–water partition coefficient (Wildman–Crippen LogP) is 9.68. The van der Waals surface area contributed by atoms with Crippen molar-refractivity contribution in [2.24, 2.45) is 0 Å². The Labute approximate surface area is 219 Å². The average Bonchev–Trinajstić information content (AvgIpc) is 3.53. The second-order valence-electron chi connectivity index (χ2n) is 10.6. The first kappa shape index (κ1) is 20.3. The third kappa shape index (κ3) is 2.62. The van der Waals surface area contributed by atoms with Gasteiger partial charge >= 0.3 is 0 Å². The Bertz CT molecular complexity index is 2290. The molecule has 1 N–H and O–H groups in total. The highest BCUT2D eigenvalue weighted by Crippen LogP contribution is 2.43. The molecule has 0 saturated heterocycles. The van der Waals surface area contributed by atoms with Crippen LogP contribution >= 0.6 is 0 Å². The van der Waals surface area contributed by atoms with Crippen LogP contribution in [0.5, 0.6) is 0 Å². The molecular formula is C36H24N2. The van der Waals surface area contributed by atoms with E-state index in [0.29, 0.717) is 0 Å². The quantitative estimate of drug-likeness (QED) is 0.239. The summed E-state index contributed by atoms with van der Waals surface area (Å²) < 4.78 is 2.48. The van der Waals surface area contributed by atoms with Gasteiger partial charge in [-0.2, -0.15) is 0 Å². The zero-order valence-corrected chi connectivity index (χ0v) is 20.8. The van der Waals surface area contributed by atoms with E-state index in [9.17, 15) is 0 Å². The topological polar surface area (TPSA) is 20.7 Å². The van der Waals surface area contributed by atoms with Crippen LogP contribution in [-0.2, 0) is 6.42 Å². The van der Waals surface area contributed by atoms with Crippen molar-refractivity contribution in [3.63, 3.8) is 0 Å². The molecule has 2 heteroatoms. The third-order valence-corrected chi connectivity index (χ3v) is 8.54. The van der Waals surface area contributed by atoms with Crippen molar-refractivity contribution in [3.05, 3.63) is 120 Å². The Kier molecular flexibility index (Phi) is 3.93. The van der Waals surface area contributed by atoms with Gasteiger partial charge in [0, 0.05) is 32.7 Å². The fourth-order valence-corrected chi connectivity index (χ4v) is 6.83. The molecule has 8 aromatic rings. The van der Waals surface area contributed by atoms with Gasteiger partial charge in [-0.15, -0.1) is 0 Å². The number of nitrogens with zero attached hydrogens (tertiary/aromatic N) is 1. The lowest BCUT2D eigenvalue weighted by atomic mass is 9.93. The zero-order chi connectivity index (χ0) is 24.8. The van der Waals surface area contributed by atoms with E-state index in [1.54, 1.807) is 0 Å². The summed E-state index contributed by atoms with van der Waals surface area (Å²) in [6, 6.07) is 38.1. The largest absolute Gasteiger partial charge is 0.353 e. The van der Waals surface area contributed by atoms with Gasteiger partial charge in [-0.3, -0.25) is 0 Å². The van der Waals surface area contributed by atoms with Gasteiger partial charge in [0.15, 0.2) is 0 Å². The monoisotopic (exact) mass is 484 g/mol. The standard InChI is InChI=1S/C36H24N2/c1-2-10-25-21-26(16-13-22(25)7-1)38-32-20-15-24-9-4-6-12-28(24)34(32)30-18-17-29-33-27-11-5-3-8-23(27)14-19-31(33)37-35(29)36(30)38/h1-2,4-7,9-21,37H,3,8H2. The van der Waals surface area contributed by atoms with E-state index in [0.717, 1.165) is 12.8 Å². The van der Waals surface area contributed by atoms with Crippen LogP contribution in [0.2, 0.25) is 0 Å². The smallest absolute Gasteiger partial charge is 0.0783 e. The highest BCUT2D eigenvalue weighted by atomic mass is 15.0. The molecule has 0 bridgehead atoms. The van der Waals surface area contributed by atoms with Gasteiger partial charge in [0.05, 0.1) is 16.6 Å². The van der Waals surface area contributed by atoms with Crippen molar-refractivity contribution < 1.29 is 0 Å². The molecule has 0 amide bonds. The summed E-state index contributed by atoms with van der Waals surface area (Å²) in [6.07, 6.45) is 6.87. The van der Waals surface area contributed by atoms with Crippen molar-refractivity contribution in [1.29, 1.82) is 0 Å². The number of aromatic nitrogens is 2. The van der Waals surface area contributed by atoms with Gasteiger partial charge in [-0.25, -0.2) is 0 Å². The number of H-pyrrole nitrogens is 1. The normalized spacial score (nSPS) is 13.5. The molecule has 0 spiro atoms. The second kappa shape index (κ2) is 7.36. The van der Waals surface area contributed by atoms with Crippen LogP contribution in [0, 0.1) is 0 Å². The summed E-state index contributed by atoms with van der Waals surface area (Å²) in [7, 11) is 0. The lowest BCUT2D eigenvalue weighted by molar-refractivity contribution is 0.990. The zero-order valence-electron chi connectivity index (χ0n) is 20.8. The maximum absolute atomic E-state index is 3.87. The number of nitrogens with one attached hydrogen (secondary N) is 1. The van der Waals surface area contributed by atoms with E-state index < -0.39 is 0 Å². The molecule has 6 aromatic carbocycles. The summed E-state index contributed by atoms with van der Waals surface area (Å²) in [5, 5.41) is 10.3. The minimum Gasteiger partial charge on any atom is -0.353 e. The molecule has 38 heavy (non-hydrogen) atoms. The first-order valence-electron chi connectivity index (χ1n) is 13.4. The maximum Gasteiger partial charge on any atom is 0.0783 e. The van der Waals surface area contributed by atoms with Crippen LogP contribution in [0.3, 0.4) is 0 Å². The Hall–Kier alpha value is -4.82. The number of aromatic amines is 1. The SMILES string of the molecule is C1=Cc2c(ccc3[nH]c4c(ccc5c6c7ccccc7ccc6n(-c6ccc7ccccc7c6)c54)c23)CC1. The van der Waals surface area contributed by atoms with Gasteiger partial charge in [-0.1, -0.05) is 91.0 Å². The molecule has 0 atom stereocenters. The van der Waals surface area contributed by atoms with E-state index in [4.69, 9.17) is 0 Å². The van der Waals surface area contributed by atoms with Crippen LogP contribution in [0.4, 0.5) is 0 Å². The predicted molar refractivity (Wildman–Crippen MR) is 163 cm³/mol. The van der Waals surface area contributed by atoms with E-state index in [1.807, 2.05) is 0 Å². The summed E-state index contributed by atoms with van der Waals surface area (Å²) >= 11 is 0.